The van der Waals surface area contributed by atoms with E-state index in [1.165, 1.54) is 25.3 Å². The Hall–Kier alpha value is -5.35. The molecular formula is C34H33F2N7O4. The highest BCUT2D eigenvalue weighted by Gasteiger charge is 2.27. The van der Waals surface area contributed by atoms with Gasteiger partial charge in [-0.2, -0.15) is 5.26 Å². The fourth-order valence-corrected chi connectivity index (χ4v) is 5.71. The third kappa shape index (κ3) is 6.92. The quantitative estimate of drug-likeness (QED) is 0.170. The molecule has 13 heteroatoms. The molecule has 242 valence electrons. The molecule has 1 unspecified atom stereocenters. The Morgan fingerprint density at radius 3 is 2.74 bits per heavy atom. The first kappa shape index (κ1) is 31.6. The second kappa shape index (κ2) is 14.0. The average Bonchev–Trinajstić information content (AvgIpc) is 3.69. The molecule has 0 amide bonds. The highest BCUT2D eigenvalue weighted by Crippen LogP contribution is 2.27. The Balaban J connectivity index is 1.24. The molecule has 1 aliphatic rings. The lowest BCUT2D eigenvalue weighted by Crippen LogP contribution is -2.43. The molecule has 1 atom stereocenters. The van der Waals surface area contributed by atoms with Crippen molar-refractivity contribution in [1.82, 2.24) is 29.0 Å². The second-order valence-corrected chi connectivity index (χ2v) is 11.2. The summed E-state index contributed by atoms with van der Waals surface area (Å²) in [6, 6.07) is 12.5. The molecule has 3 aromatic heterocycles. The molecule has 1 saturated heterocycles. The number of nitrogens with zero attached hydrogens (tertiary/aromatic N) is 7. The van der Waals surface area contributed by atoms with E-state index in [-0.39, 0.29) is 35.6 Å². The number of halogens is 2. The van der Waals surface area contributed by atoms with Gasteiger partial charge < -0.3 is 23.3 Å². The number of rotatable bonds is 11. The molecular weight excluding hydrogens is 608 g/mol. The van der Waals surface area contributed by atoms with Gasteiger partial charge in [0.15, 0.2) is 17.8 Å². The largest absolute Gasteiger partial charge is 0.486 e. The van der Waals surface area contributed by atoms with Gasteiger partial charge >= 0.3 is 5.97 Å². The number of nitriles is 1. The fraction of sp³-hybridized carbons (Fsp3) is 0.324. The molecule has 5 aromatic rings. The van der Waals surface area contributed by atoms with Gasteiger partial charge in [-0.05, 0) is 62.6 Å². The van der Waals surface area contributed by atoms with Crippen LogP contribution in [0, 0.1) is 23.0 Å². The zero-order valence-electron chi connectivity index (χ0n) is 26.0. The Bertz CT molecular complexity index is 1950. The van der Waals surface area contributed by atoms with Gasteiger partial charge in [-0.1, -0.05) is 0 Å². The number of pyridine rings is 1. The molecule has 4 heterocycles. The number of carbonyl (C=O) groups excluding carboxylic acids is 1. The van der Waals surface area contributed by atoms with E-state index in [2.05, 4.69) is 30.9 Å². The minimum absolute atomic E-state index is 0.0929. The topological polar surface area (TPSA) is 120 Å². The van der Waals surface area contributed by atoms with Crippen molar-refractivity contribution in [3.05, 3.63) is 101 Å². The number of benzene rings is 2. The molecule has 1 aliphatic heterocycles. The Kier molecular flexibility index (Phi) is 9.40. The van der Waals surface area contributed by atoms with E-state index in [9.17, 15) is 13.6 Å². The first-order valence-corrected chi connectivity index (χ1v) is 15.3. The normalized spacial score (nSPS) is 15.0. The average molecular weight is 642 g/mol. The molecule has 6 rings (SSSR count). The number of ether oxygens (including phenoxy) is 3. The molecule has 0 N–H and O–H groups in total. The third-order valence-electron chi connectivity index (χ3n) is 8.22. The monoisotopic (exact) mass is 641 g/mol. The van der Waals surface area contributed by atoms with Crippen LogP contribution in [0.25, 0.3) is 11.0 Å². The van der Waals surface area contributed by atoms with E-state index in [4.69, 9.17) is 24.5 Å². The number of likely N-dealkylation sites (tertiary alicyclic amines) is 1. The Morgan fingerprint density at radius 2 is 1.96 bits per heavy atom. The number of aryl methyl sites for hydroxylation is 1. The maximum Gasteiger partial charge on any atom is 0.337 e. The summed E-state index contributed by atoms with van der Waals surface area (Å²) in [6.45, 7) is 4.23. The lowest BCUT2D eigenvalue weighted by atomic mass is 10.1. The number of aromatic nitrogens is 5. The summed E-state index contributed by atoms with van der Waals surface area (Å²) in [5.41, 5.74) is 3.27. The number of imidazole rings is 2. The van der Waals surface area contributed by atoms with Crippen LogP contribution in [0.3, 0.4) is 0 Å². The van der Waals surface area contributed by atoms with Crippen LogP contribution in [0.15, 0.2) is 61.2 Å². The van der Waals surface area contributed by atoms with Crippen molar-refractivity contribution in [3.63, 3.8) is 0 Å². The van der Waals surface area contributed by atoms with Gasteiger partial charge in [0.05, 0.1) is 66.6 Å². The highest BCUT2D eigenvalue weighted by atomic mass is 19.1. The summed E-state index contributed by atoms with van der Waals surface area (Å²) < 4.78 is 50.0. The maximum atomic E-state index is 14.7. The number of methoxy groups -OCH3 is 1. The highest BCUT2D eigenvalue weighted by molar-refractivity contribution is 5.93. The molecule has 11 nitrogen and oxygen atoms in total. The van der Waals surface area contributed by atoms with Crippen LogP contribution in [-0.2, 0) is 31.0 Å². The van der Waals surface area contributed by atoms with Crippen LogP contribution in [-0.4, -0.2) is 54.8 Å². The number of piperidine rings is 1. The lowest BCUT2D eigenvalue weighted by Gasteiger charge is -2.35. The van der Waals surface area contributed by atoms with Crippen molar-refractivity contribution in [2.24, 2.45) is 0 Å². The van der Waals surface area contributed by atoms with Crippen LogP contribution in [0.4, 0.5) is 8.78 Å². The van der Waals surface area contributed by atoms with Crippen LogP contribution in [0.1, 0.15) is 59.2 Å². The van der Waals surface area contributed by atoms with Gasteiger partial charge in [0.25, 0.3) is 0 Å². The van der Waals surface area contributed by atoms with Gasteiger partial charge in [0.1, 0.15) is 18.2 Å². The van der Waals surface area contributed by atoms with Crippen LogP contribution < -0.4 is 9.47 Å². The molecule has 2 aromatic carbocycles. The van der Waals surface area contributed by atoms with Crippen molar-refractivity contribution in [2.75, 3.05) is 13.7 Å². The van der Waals surface area contributed by atoms with E-state index < -0.39 is 17.6 Å². The SMILES string of the molecule is CCn1cncc1Cn1c(CN2CCCCC2Oc2cc(COc3ccc(C#N)cc3F)c(F)cn2)nc2ccc(C(=O)OC)cc21. The molecule has 0 saturated carbocycles. The van der Waals surface area contributed by atoms with E-state index in [1.807, 2.05) is 18.3 Å². The van der Waals surface area contributed by atoms with Crippen molar-refractivity contribution < 1.29 is 27.8 Å². The fourth-order valence-electron chi connectivity index (χ4n) is 5.71. The summed E-state index contributed by atoms with van der Waals surface area (Å²) >= 11 is 0. The molecule has 1 fully saturated rings. The van der Waals surface area contributed by atoms with Gasteiger partial charge in [-0.15, -0.1) is 0 Å². The standard InChI is InChI=1S/C34H33F2N7O4/c1-3-41-21-38-16-25(41)18-43-29-13-23(34(44)45-2)8-9-28(29)40-31(43)19-42-11-5-4-6-33(42)47-32-14-24(27(36)17-39-32)20-46-30-10-7-22(15-37)12-26(30)35/h7-10,12-14,16-17,21,33H,3-6,11,18-20H2,1-2H3. The smallest absolute Gasteiger partial charge is 0.337 e. The van der Waals surface area contributed by atoms with Gasteiger partial charge in [0, 0.05) is 30.9 Å². The predicted octanol–water partition coefficient (Wildman–Crippen LogP) is 5.60. The Labute approximate surface area is 270 Å². The zero-order chi connectivity index (χ0) is 32.9. The molecule has 0 bridgehead atoms. The van der Waals surface area contributed by atoms with Crippen LogP contribution in [0.2, 0.25) is 0 Å². The van der Waals surface area contributed by atoms with E-state index >= 15 is 0 Å². The van der Waals surface area contributed by atoms with E-state index in [0.29, 0.717) is 18.7 Å². The zero-order valence-corrected chi connectivity index (χ0v) is 26.0. The van der Waals surface area contributed by atoms with Gasteiger partial charge in [0.2, 0.25) is 5.88 Å². The summed E-state index contributed by atoms with van der Waals surface area (Å²) in [7, 11) is 1.35. The van der Waals surface area contributed by atoms with E-state index in [0.717, 1.165) is 67.2 Å². The van der Waals surface area contributed by atoms with Crippen molar-refractivity contribution in [3.8, 4) is 17.7 Å². The predicted molar refractivity (Wildman–Crippen MR) is 166 cm³/mol. The first-order chi connectivity index (χ1) is 22.9. The second-order valence-electron chi connectivity index (χ2n) is 11.2. The third-order valence-corrected chi connectivity index (χ3v) is 8.22. The van der Waals surface area contributed by atoms with Crippen LogP contribution >= 0.6 is 0 Å². The van der Waals surface area contributed by atoms with Gasteiger partial charge in [-0.25, -0.2) is 28.5 Å². The summed E-state index contributed by atoms with van der Waals surface area (Å²) in [5.74, 6) is -0.845. The van der Waals surface area contributed by atoms with Crippen molar-refractivity contribution in [2.45, 2.75) is 58.7 Å². The van der Waals surface area contributed by atoms with Crippen molar-refractivity contribution in [1.29, 1.82) is 5.26 Å². The number of hydrogen-bond acceptors (Lipinski definition) is 9. The summed E-state index contributed by atoms with van der Waals surface area (Å²) in [4.78, 5) is 28.0. The van der Waals surface area contributed by atoms with E-state index in [1.54, 1.807) is 18.5 Å². The number of hydrogen-bond donors (Lipinski definition) is 0. The summed E-state index contributed by atoms with van der Waals surface area (Å²) in [5, 5.41) is 8.96. The van der Waals surface area contributed by atoms with Crippen LogP contribution in [0.5, 0.6) is 11.6 Å². The minimum atomic E-state index is -0.709. The molecule has 0 radical (unpaired) electrons. The number of carbonyl (C=O) groups is 1. The first-order valence-electron chi connectivity index (χ1n) is 15.3. The lowest BCUT2D eigenvalue weighted by molar-refractivity contribution is -0.0145. The molecule has 47 heavy (non-hydrogen) atoms. The molecule has 0 aliphatic carbocycles. The van der Waals surface area contributed by atoms with Gasteiger partial charge in [-0.3, -0.25) is 4.90 Å². The number of fused-ring (bicyclic) bond motifs is 1. The summed E-state index contributed by atoms with van der Waals surface area (Å²) in [6.07, 6.45) is 6.92. The molecule has 0 spiro atoms. The van der Waals surface area contributed by atoms with Crippen molar-refractivity contribution >= 4 is 17.0 Å². The maximum absolute atomic E-state index is 14.7. The minimum Gasteiger partial charge on any atom is -0.486 e. The Morgan fingerprint density at radius 1 is 1.09 bits per heavy atom. The number of esters is 1.